The summed E-state index contributed by atoms with van der Waals surface area (Å²) in [4.78, 5) is 40.2. The van der Waals surface area contributed by atoms with Gasteiger partial charge in [0.15, 0.2) is 5.13 Å². The third kappa shape index (κ3) is 3.57. The molecule has 1 aromatic carbocycles. The van der Waals surface area contributed by atoms with Crippen LogP contribution in [-0.2, 0) is 9.59 Å². The number of anilines is 2. The zero-order valence-corrected chi connectivity index (χ0v) is 17.7. The van der Waals surface area contributed by atoms with Crippen LogP contribution in [0.2, 0.25) is 0 Å². The summed E-state index contributed by atoms with van der Waals surface area (Å²) >= 11 is 2.97. The molecule has 0 aliphatic carbocycles. The molecule has 150 valence electrons. The average molecular weight is 436 g/mol. The minimum absolute atomic E-state index is 0.0604. The van der Waals surface area contributed by atoms with Crippen LogP contribution in [0.3, 0.4) is 0 Å². The van der Waals surface area contributed by atoms with Crippen molar-refractivity contribution in [1.29, 1.82) is 0 Å². The number of hydrogen-bond donors (Lipinski definition) is 1. The van der Waals surface area contributed by atoms with Crippen LogP contribution in [0.4, 0.5) is 10.8 Å². The van der Waals surface area contributed by atoms with Crippen LogP contribution < -0.4 is 10.2 Å². The summed E-state index contributed by atoms with van der Waals surface area (Å²) in [5.74, 6) is -0.680. The van der Waals surface area contributed by atoms with E-state index in [0.717, 1.165) is 26.6 Å². The van der Waals surface area contributed by atoms with Crippen LogP contribution in [0.1, 0.15) is 11.4 Å². The maximum absolute atomic E-state index is 12.7. The Bertz CT molecular complexity index is 1250. The fourth-order valence-electron chi connectivity index (χ4n) is 3.50. The summed E-state index contributed by atoms with van der Waals surface area (Å²) in [6.45, 7) is 2.31. The molecule has 5 rings (SSSR count). The molecule has 1 aliphatic heterocycles. The van der Waals surface area contributed by atoms with Crippen LogP contribution in [-0.4, -0.2) is 33.3 Å². The number of aromatic nitrogens is 3. The van der Waals surface area contributed by atoms with E-state index in [9.17, 15) is 9.59 Å². The molecule has 30 heavy (non-hydrogen) atoms. The molecule has 2 amide bonds. The highest BCUT2D eigenvalue weighted by molar-refractivity contribution is 7.18. The number of carbonyl (C=O) groups excluding carboxylic acids is 2. The van der Waals surface area contributed by atoms with Crippen LogP contribution in [0.25, 0.3) is 21.6 Å². The SMILES string of the molecule is Cc1nc2cc(N3CC(C(=O)Nc4nc(-c5ccccn5)cs4)CC3=O)ccc2s1. The number of carbonyl (C=O) groups is 2. The second kappa shape index (κ2) is 7.58. The van der Waals surface area contributed by atoms with Gasteiger partial charge in [-0.05, 0) is 37.3 Å². The minimum Gasteiger partial charge on any atom is -0.312 e. The summed E-state index contributed by atoms with van der Waals surface area (Å²) in [5, 5.41) is 6.20. The van der Waals surface area contributed by atoms with Gasteiger partial charge >= 0.3 is 0 Å². The zero-order valence-electron chi connectivity index (χ0n) is 16.0. The van der Waals surface area contributed by atoms with E-state index in [0.29, 0.717) is 17.4 Å². The van der Waals surface area contributed by atoms with E-state index in [-0.39, 0.29) is 18.2 Å². The molecule has 0 spiro atoms. The molecule has 1 atom stereocenters. The molecule has 0 saturated carbocycles. The van der Waals surface area contributed by atoms with Crippen LogP contribution in [0, 0.1) is 12.8 Å². The monoisotopic (exact) mass is 435 g/mol. The van der Waals surface area contributed by atoms with E-state index in [1.807, 2.05) is 48.7 Å². The van der Waals surface area contributed by atoms with Gasteiger partial charge in [0, 0.05) is 30.2 Å². The number of amides is 2. The van der Waals surface area contributed by atoms with E-state index < -0.39 is 5.92 Å². The Labute approximate surface area is 180 Å². The smallest absolute Gasteiger partial charge is 0.231 e. The van der Waals surface area contributed by atoms with Crippen molar-refractivity contribution in [1.82, 2.24) is 15.0 Å². The fraction of sp³-hybridized carbons (Fsp3) is 0.190. The largest absolute Gasteiger partial charge is 0.312 e. The molecule has 3 aromatic heterocycles. The van der Waals surface area contributed by atoms with Crippen molar-refractivity contribution in [2.45, 2.75) is 13.3 Å². The minimum atomic E-state index is -0.424. The highest BCUT2D eigenvalue weighted by Gasteiger charge is 2.35. The molecule has 1 N–H and O–H groups in total. The third-order valence-corrected chi connectivity index (χ3v) is 6.66. The average Bonchev–Trinajstić information content (AvgIpc) is 3.45. The van der Waals surface area contributed by atoms with Crippen molar-refractivity contribution in [3.05, 3.63) is 53.0 Å². The lowest BCUT2D eigenvalue weighted by atomic mass is 10.1. The maximum Gasteiger partial charge on any atom is 0.231 e. The molecule has 0 radical (unpaired) electrons. The molecule has 9 heteroatoms. The first-order valence-corrected chi connectivity index (χ1v) is 11.1. The van der Waals surface area contributed by atoms with E-state index in [1.54, 1.807) is 22.4 Å². The number of pyridine rings is 1. The lowest BCUT2D eigenvalue weighted by Crippen LogP contribution is -2.28. The van der Waals surface area contributed by atoms with Crippen molar-refractivity contribution >= 4 is 55.5 Å². The van der Waals surface area contributed by atoms with Gasteiger partial charge in [-0.1, -0.05) is 6.07 Å². The summed E-state index contributed by atoms with van der Waals surface area (Å²) < 4.78 is 1.09. The van der Waals surface area contributed by atoms with Crippen molar-refractivity contribution in [3.8, 4) is 11.4 Å². The number of aryl methyl sites for hydroxylation is 1. The maximum atomic E-state index is 12.7. The molecule has 4 heterocycles. The van der Waals surface area contributed by atoms with Gasteiger partial charge in [-0.3, -0.25) is 14.6 Å². The van der Waals surface area contributed by atoms with Crippen LogP contribution in [0.5, 0.6) is 0 Å². The van der Waals surface area contributed by atoms with Crippen LogP contribution in [0.15, 0.2) is 48.0 Å². The van der Waals surface area contributed by atoms with E-state index in [2.05, 4.69) is 20.3 Å². The summed E-state index contributed by atoms with van der Waals surface area (Å²) in [6, 6.07) is 11.4. The Morgan fingerprint density at radius 2 is 2.10 bits per heavy atom. The van der Waals surface area contributed by atoms with Gasteiger partial charge in [0.25, 0.3) is 0 Å². The number of hydrogen-bond acceptors (Lipinski definition) is 7. The standard InChI is InChI=1S/C21H17N5O2S2/c1-12-23-16-9-14(5-6-18(16)30-12)26-10-13(8-19(26)27)20(28)25-21-24-17(11-29-21)15-4-2-3-7-22-15/h2-7,9,11,13H,8,10H2,1H3,(H,24,25,28). The van der Waals surface area contributed by atoms with Gasteiger partial charge in [-0.25, -0.2) is 9.97 Å². The number of nitrogens with one attached hydrogen (secondary N) is 1. The number of rotatable bonds is 4. The summed E-state index contributed by atoms with van der Waals surface area (Å²) in [6.07, 6.45) is 1.88. The highest BCUT2D eigenvalue weighted by Crippen LogP contribution is 2.31. The fourth-order valence-corrected chi connectivity index (χ4v) is 5.02. The Hall–Kier alpha value is -3.17. The number of benzene rings is 1. The molecular formula is C21H17N5O2S2. The van der Waals surface area contributed by atoms with Crippen LogP contribution >= 0.6 is 22.7 Å². The molecular weight excluding hydrogens is 418 g/mol. The quantitative estimate of drug-likeness (QED) is 0.521. The number of fused-ring (bicyclic) bond motifs is 1. The Kier molecular flexibility index (Phi) is 4.76. The first kappa shape index (κ1) is 18.8. The van der Waals surface area contributed by atoms with Crippen molar-refractivity contribution in [2.75, 3.05) is 16.8 Å². The molecule has 1 unspecified atom stereocenters. The van der Waals surface area contributed by atoms with E-state index in [4.69, 9.17) is 0 Å². The molecule has 4 aromatic rings. The Morgan fingerprint density at radius 3 is 2.93 bits per heavy atom. The molecule has 1 aliphatic rings. The van der Waals surface area contributed by atoms with Gasteiger partial charge in [-0.15, -0.1) is 22.7 Å². The lowest BCUT2D eigenvalue weighted by molar-refractivity contribution is -0.122. The summed E-state index contributed by atoms with van der Waals surface area (Å²) in [7, 11) is 0. The van der Waals surface area contributed by atoms with Gasteiger partial charge in [0.05, 0.1) is 26.8 Å². The van der Waals surface area contributed by atoms with Gasteiger partial charge in [0.1, 0.15) is 5.69 Å². The normalized spacial score (nSPS) is 16.4. The number of thiazole rings is 2. The van der Waals surface area contributed by atoms with Crippen molar-refractivity contribution in [3.63, 3.8) is 0 Å². The Morgan fingerprint density at radius 1 is 1.20 bits per heavy atom. The molecule has 7 nitrogen and oxygen atoms in total. The Balaban J connectivity index is 1.29. The topological polar surface area (TPSA) is 88.1 Å². The van der Waals surface area contributed by atoms with Crippen molar-refractivity contribution < 1.29 is 9.59 Å². The zero-order chi connectivity index (χ0) is 20.7. The predicted molar refractivity (Wildman–Crippen MR) is 119 cm³/mol. The van der Waals surface area contributed by atoms with Crippen molar-refractivity contribution in [2.24, 2.45) is 5.92 Å². The van der Waals surface area contributed by atoms with Gasteiger partial charge in [-0.2, -0.15) is 0 Å². The first-order valence-electron chi connectivity index (χ1n) is 9.42. The molecule has 1 saturated heterocycles. The van der Waals surface area contributed by atoms with Gasteiger partial charge < -0.3 is 10.2 Å². The molecule has 1 fully saturated rings. The molecule has 0 bridgehead atoms. The predicted octanol–water partition coefficient (Wildman–Crippen LogP) is 4.11. The third-order valence-electron chi connectivity index (χ3n) is 4.95. The van der Waals surface area contributed by atoms with E-state index in [1.165, 1.54) is 11.3 Å². The second-order valence-corrected chi connectivity index (χ2v) is 9.13. The van der Waals surface area contributed by atoms with Gasteiger partial charge in [0.2, 0.25) is 11.8 Å². The highest BCUT2D eigenvalue weighted by atomic mass is 32.1. The first-order chi connectivity index (χ1) is 14.6. The van der Waals surface area contributed by atoms with E-state index >= 15 is 0 Å². The number of nitrogens with zero attached hydrogens (tertiary/aromatic N) is 4. The summed E-state index contributed by atoms with van der Waals surface area (Å²) in [5.41, 5.74) is 3.12. The second-order valence-electron chi connectivity index (χ2n) is 7.03. The lowest BCUT2D eigenvalue weighted by Gasteiger charge is -2.16.